The molecule has 0 aromatic heterocycles. The number of carbonyl (C=O) groups excluding carboxylic acids is 1. The van der Waals surface area contributed by atoms with Crippen molar-refractivity contribution in [2.24, 2.45) is 58.7 Å². The third-order valence-electron chi connectivity index (χ3n) is 8.76. The molecule has 2 nitrogen and oxygen atoms in total. The van der Waals surface area contributed by atoms with Crippen molar-refractivity contribution in [3.63, 3.8) is 0 Å². The van der Waals surface area contributed by atoms with Crippen LogP contribution in [0.15, 0.2) is 12.2 Å². The Balaban J connectivity index is 1.08. The minimum absolute atomic E-state index is 0.125. The van der Waals surface area contributed by atoms with Crippen LogP contribution in [-0.2, 0) is 9.53 Å². The molecule has 0 aromatic rings. The first-order valence-electron chi connectivity index (χ1n) is 8.23. The summed E-state index contributed by atoms with van der Waals surface area (Å²) in [5.74, 6) is 7.47. The SMILES string of the molecule is O=C(OCC12C3C4C1C1C2C3C41I)C1CC2C=CC1C2. The highest BCUT2D eigenvalue weighted by Gasteiger charge is 3.09. The Morgan fingerprint density at radius 3 is 2.35 bits per heavy atom. The predicted molar refractivity (Wildman–Crippen MR) is 79.9 cm³/mol. The van der Waals surface area contributed by atoms with Crippen LogP contribution in [0.5, 0.6) is 0 Å². The molecule has 7 saturated carbocycles. The van der Waals surface area contributed by atoms with Crippen LogP contribution < -0.4 is 0 Å². The first kappa shape index (κ1) is 10.6. The molecule has 0 saturated heterocycles. The summed E-state index contributed by atoms with van der Waals surface area (Å²) >= 11 is 2.76. The van der Waals surface area contributed by atoms with Crippen molar-refractivity contribution < 1.29 is 9.53 Å². The Hall–Kier alpha value is -0.0600. The van der Waals surface area contributed by atoms with Gasteiger partial charge in [-0.1, -0.05) is 34.7 Å². The summed E-state index contributed by atoms with van der Waals surface area (Å²) in [6, 6.07) is 0. The number of allylic oxidation sites excluding steroid dienone is 2. The van der Waals surface area contributed by atoms with Crippen LogP contribution in [-0.4, -0.2) is 16.0 Å². The molecule has 2 bridgehead atoms. The minimum Gasteiger partial charge on any atom is -0.465 e. The predicted octanol–water partition coefficient (Wildman–Crippen LogP) is 2.67. The molecule has 20 heavy (non-hydrogen) atoms. The fraction of sp³-hybridized carbons (Fsp3) is 0.824. The molecular weight excluding hydrogens is 363 g/mol. The third-order valence-corrected chi connectivity index (χ3v) is 10.9. The number of alkyl halides is 1. The fourth-order valence-corrected chi connectivity index (χ4v) is 10.6. The fourth-order valence-electron chi connectivity index (χ4n) is 8.26. The van der Waals surface area contributed by atoms with Gasteiger partial charge in [-0.15, -0.1) is 0 Å². The van der Waals surface area contributed by atoms with E-state index in [9.17, 15) is 4.79 Å². The van der Waals surface area contributed by atoms with Crippen molar-refractivity contribution in [3.8, 4) is 0 Å². The van der Waals surface area contributed by atoms with Crippen LogP contribution in [0, 0.1) is 58.7 Å². The normalized spacial score (nSPS) is 74.0. The van der Waals surface area contributed by atoms with Crippen LogP contribution in [0.2, 0.25) is 0 Å². The minimum atomic E-state index is 0.125. The number of fused-ring (bicyclic) bond motifs is 2. The van der Waals surface area contributed by atoms with Crippen molar-refractivity contribution in [2.75, 3.05) is 6.61 Å². The zero-order valence-corrected chi connectivity index (χ0v) is 13.3. The largest absolute Gasteiger partial charge is 0.465 e. The molecule has 8 aliphatic rings. The first-order chi connectivity index (χ1) is 9.69. The summed E-state index contributed by atoms with van der Waals surface area (Å²) in [5.41, 5.74) is 0.510. The smallest absolute Gasteiger partial charge is 0.309 e. The number of esters is 1. The summed E-state index contributed by atoms with van der Waals surface area (Å²) in [4.78, 5) is 12.4. The summed E-state index contributed by atoms with van der Waals surface area (Å²) in [6.07, 6.45) is 6.80. The van der Waals surface area contributed by atoms with E-state index in [0.717, 1.165) is 52.0 Å². The molecule has 0 amide bonds. The van der Waals surface area contributed by atoms with Crippen molar-refractivity contribution in [2.45, 2.75) is 16.3 Å². The molecule has 0 aliphatic heterocycles. The van der Waals surface area contributed by atoms with Gasteiger partial charge in [-0.2, -0.15) is 0 Å². The maximum absolute atomic E-state index is 12.4. The van der Waals surface area contributed by atoms with Crippen molar-refractivity contribution in [1.82, 2.24) is 0 Å². The van der Waals surface area contributed by atoms with Crippen LogP contribution in [0.4, 0.5) is 0 Å². The van der Waals surface area contributed by atoms with Crippen LogP contribution in [0.1, 0.15) is 12.8 Å². The molecule has 0 heterocycles. The summed E-state index contributed by atoms with van der Waals surface area (Å²) in [6.45, 7) is 0.777. The molecule has 0 aromatic carbocycles. The molecule has 0 radical (unpaired) electrons. The number of hydrogen-bond acceptors (Lipinski definition) is 2. The van der Waals surface area contributed by atoms with E-state index in [4.69, 9.17) is 4.74 Å². The first-order valence-corrected chi connectivity index (χ1v) is 9.31. The number of halogens is 1. The van der Waals surface area contributed by atoms with E-state index in [1.54, 1.807) is 0 Å². The Bertz CT molecular complexity index is 569. The van der Waals surface area contributed by atoms with E-state index in [-0.39, 0.29) is 11.9 Å². The Morgan fingerprint density at radius 2 is 1.80 bits per heavy atom. The van der Waals surface area contributed by atoms with E-state index in [1.807, 2.05) is 0 Å². The lowest BCUT2D eigenvalue weighted by Crippen LogP contribution is -3.11. The molecular formula is C17H17IO2. The Labute approximate surface area is 131 Å². The number of hydrogen-bond donors (Lipinski definition) is 0. The maximum atomic E-state index is 12.4. The highest BCUT2D eigenvalue weighted by molar-refractivity contribution is 14.1. The van der Waals surface area contributed by atoms with E-state index in [0.29, 0.717) is 17.3 Å². The molecule has 7 fully saturated rings. The molecule has 0 N–H and O–H groups in total. The molecule has 3 heteroatoms. The van der Waals surface area contributed by atoms with Gasteiger partial charge in [0.2, 0.25) is 0 Å². The van der Waals surface area contributed by atoms with E-state index in [1.165, 1.54) is 6.42 Å². The lowest BCUT2D eigenvalue weighted by atomic mass is 8.96. The van der Waals surface area contributed by atoms with Gasteiger partial charge >= 0.3 is 5.97 Å². The number of carbonyl (C=O) groups is 1. The van der Waals surface area contributed by atoms with Gasteiger partial charge in [-0.25, -0.2) is 0 Å². The zero-order valence-electron chi connectivity index (χ0n) is 11.2. The van der Waals surface area contributed by atoms with E-state index >= 15 is 0 Å². The van der Waals surface area contributed by atoms with Gasteiger partial charge in [0.1, 0.15) is 0 Å². The Morgan fingerprint density at radius 1 is 1.10 bits per heavy atom. The van der Waals surface area contributed by atoms with Gasteiger partial charge in [-0.05, 0) is 60.2 Å². The second kappa shape index (κ2) is 2.65. The van der Waals surface area contributed by atoms with Gasteiger partial charge in [0, 0.05) is 8.84 Å². The van der Waals surface area contributed by atoms with Crippen LogP contribution >= 0.6 is 22.6 Å². The molecule has 3 unspecified atom stereocenters. The summed E-state index contributed by atoms with van der Waals surface area (Å²) in [5, 5.41) is 0. The van der Waals surface area contributed by atoms with Crippen molar-refractivity contribution in [3.05, 3.63) is 12.2 Å². The zero-order chi connectivity index (χ0) is 13.0. The maximum Gasteiger partial charge on any atom is 0.309 e. The second-order valence-corrected chi connectivity index (χ2v) is 10.5. The summed E-state index contributed by atoms with van der Waals surface area (Å²) in [7, 11) is 0. The summed E-state index contributed by atoms with van der Waals surface area (Å²) < 4.78 is 6.59. The monoisotopic (exact) mass is 380 g/mol. The quantitative estimate of drug-likeness (QED) is 0.326. The number of rotatable bonds is 3. The molecule has 8 aliphatic carbocycles. The second-order valence-electron chi connectivity index (χ2n) is 8.59. The lowest BCUT2D eigenvalue weighted by Gasteiger charge is -3.10. The topological polar surface area (TPSA) is 26.3 Å². The van der Waals surface area contributed by atoms with Gasteiger partial charge in [0.05, 0.1) is 12.5 Å². The average Bonchev–Trinajstić information content (AvgIpc) is 3.09. The molecule has 8 rings (SSSR count). The van der Waals surface area contributed by atoms with E-state index < -0.39 is 0 Å². The third kappa shape index (κ3) is 0.681. The standard InChI is InChI=1S/C17H17IO2/c18-17-12-9-13(17)11-14(17)10(12)16(9,11)5-20-15(19)8-4-6-1-2-7(8)3-6/h1-2,6-14H,3-5H2. The molecule has 0 spiro atoms. The average molecular weight is 380 g/mol. The van der Waals surface area contributed by atoms with E-state index in [2.05, 4.69) is 34.7 Å². The highest BCUT2D eigenvalue weighted by Crippen LogP contribution is 3.08. The van der Waals surface area contributed by atoms with Gasteiger partial charge < -0.3 is 4.74 Å². The lowest BCUT2D eigenvalue weighted by molar-refractivity contribution is -0.594. The van der Waals surface area contributed by atoms with Crippen LogP contribution in [0.25, 0.3) is 0 Å². The van der Waals surface area contributed by atoms with Gasteiger partial charge in [0.25, 0.3) is 0 Å². The van der Waals surface area contributed by atoms with Crippen molar-refractivity contribution in [1.29, 1.82) is 0 Å². The van der Waals surface area contributed by atoms with Gasteiger partial charge in [-0.3, -0.25) is 4.79 Å². The number of ether oxygens (including phenoxy) is 1. The molecule has 104 valence electrons. The van der Waals surface area contributed by atoms with Crippen molar-refractivity contribution >= 4 is 28.6 Å². The van der Waals surface area contributed by atoms with Crippen LogP contribution in [0.3, 0.4) is 0 Å². The Kier molecular flexibility index (Phi) is 1.41. The van der Waals surface area contributed by atoms with Gasteiger partial charge in [0.15, 0.2) is 0 Å². The highest BCUT2D eigenvalue weighted by atomic mass is 127. The molecule has 3 atom stereocenters.